The van der Waals surface area contributed by atoms with E-state index in [0.29, 0.717) is 59.8 Å². The molecule has 0 heterocycles. The SMILES string of the molecule is C=C(C)[C@@H]1CCC(C)=C[C@H]1c1c(O)cc(CCCCC)cc1OC(=O)CC(=O)CC.C=C(C)[C@@H]1CCC(C)=C[C@H]1c1c(O)cc(CCCCC)cc1OC(=O)CCC(=O)CC.C=C(C)[C@@H]1CCC(C)=C[C@H]1c1c(O)cc(CCCCC)cc1OC(=O)CCC(C)(C)CC.C=C(C)[C@@H]1CCC(C)=C[C@H]1c1c(O)cc(CCCCC)cc1OC(=O)CCC(C)(C)CC. The molecule has 0 bridgehead atoms. The number of ketones is 2. The standard InChI is InChI=1S/2C29H44O3.C27H38O4.C26H36O4/c2*1-8-10-11-12-22-18-25(30)28(24-17-21(5)13-14-23(24)20(3)4)26(19-22)32-27(31)15-16-29(6,7)9-2;1-6-8-9-10-20-16-24(29)27(23-15-19(5)11-13-22(23)18(3)4)25(17-20)31-26(30)14-12-21(28)7-2;1-6-8-9-10-19-14-23(28)26(22-13-18(5)11-12-21(22)17(3)4)24(15-19)30-25(29)16-20(27)7-2/h2*17-19,23-24,30H,3,8-16H2,1-2,4-7H3;15-17,22-23,29H,3,6-14H2,1-2,4-5H3;13-15,21-22,28H,3,6-12,16H2,1-2,4-5H3/t2*23-,24+;22-,23+;21-,22+/m0000/s1. The highest BCUT2D eigenvalue weighted by Gasteiger charge is 2.37. The lowest BCUT2D eigenvalue weighted by Gasteiger charge is -2.32. The highest BCUT2D eigenvalue weighted by atomic mass is 16.5. The predicted molar refractivity (Wildman–Crippen MR) is 515 cm³/mol. The number of phenolic OH excluding ortho intramolecular Hbond substituents is 4. The van der Waals surface area contributed by atoms with E-state index >= 15 is 0 Å². The van der Waals surface area contributed by atoms with Gasteiger partial charge in [-0.2, -0.15) is 0 Å². The average Bonchev–Trinajstić information content (AvgIpc) is 0.799. The zero-order valence-electron chi connectivity index (χ0n) is 81.0. The van der Waals surface area contributed by atoms with Gasteiger partial charge in [0.1, 0.15) is 64.0 Å². The fourth-order valence-electron chi connectivity index (χ4n) is 17.5. The van der Waals surface area contributed by atoms with Crippen molar-refractivity contribution in [3.63, 3.8) is 0 Å². The highest BCUT2D eigenvalue weighted by Crippen LogP contribution is 2.52. The van der Waals surface area contributed by atoms with Gasteiger partial charge < -0.3 is 39.4 Å². The smallest absolute Gasteiger partial charge is 0.318 e. The molecular formula is C111H162O14. The Labute approximate surface area is 754 Å². The van der Waals surface area contributed by atoms with Crippen LogP contribution >= 0.6 is 0 Å². The van der Waals surface area contributed by atoms with E-state index in [-0.39, 0.29) is 124 Å². The monoisotopic (exact) mass is 1720 g/mol. The van der Waals surface area contributed by atoms with Crippen LogP contribution in [0.4, 0.5) is 0 Å². The number of carbonyl (C=O) groups is 6. The molecule has 0 fully saturated rings. The molecule has 690 valence electrons. The van der Waals surface area contributed by atoms with Gasteiger partial charge in [-0.1, -0.05) is 242 Å². The van der Waals surface area contributed by atoms with Gasteiger partial charge in [0.05, 0.1) is 6.42 Å². The molecule has 4 aromatic rings. The number of carbonyl (C=O) groups excluding carboxylic acids is 6. The van der Waals surface area contributed by atoms with Crippen LogP contribution in [0.3, 0.4) is 0 Å². The summed E-state index contributed by atoms with van der Waals surface area (Å²) >= 11 is 0. The van der Waals surface area contributed by atoms with Crippen LogP contribution in [-0.2, 0) is 54.5 Å². The third-order valence-corrected chi connectivity index (χ3v) is 26.4. The quantitative estimate of drug-likeness (QED) is 0.0107. The molecule has 4 aliphatic carbocycles. The van der Waals surface area contributed by atoms with Crippen LogP contribution in [0.2, 0.25) is 0 Å². The number of hydrogen-bond donors (Lipinski definition) is 4. The Bertz CT molecular complexity index is 4290. The summed E-state index contributed by atoms with van der Waals surface area (Å²) in [6.07, 6.45) is 38.4. The fraction of sp³-hybridized carbons (Fsp3) is 0.586. The van der Waals surface area contributed by atoms with Gasteiger partial charge in [-0.05, 0) is 276 Å². The van der Waals surface area contributed by atoms with E-state index in [1.807, 2.05) is 56.3 Å². The van der Waals surface area contributed by atoms with Crippen LogP contribution < -0.4 is 18.9 Å². The first-order valence-electron chi connectivity index (χ1n) is 47.8. The lowest BCUT2D eigenvalue weighted by molar-refractivity contribution is -0.138. The molecular weight excluding hydrogens is 1560 g/mol. The summed E-state index contributed by atoms with van der Waals surface area (Å²) in [6, 6.07) is 15.1. The minimum atomic E-state index is -0.573. The normalized spacial score (nSPS) is 18.7. The molecule has 0 aliphatic heterocycles. The van der Waals surface area contributed by atoms with Gasteiger partial charge in [0.25, 0.3) is 0 Å². The summed E-state index contributed by atoms with van der Waals surface area (Å²) in [7, 11) is 0. The van der Waals surface area contributed by atoms with Crippen LogP contribution in [-0.4, -0.2) is 55.9 Å². The zero-order valence-corrected chi connectivity index (χ0v) is 81.0. The maximum atomic E-state index is 12.8. The van der Waals surface area contributed by atoms with E-state index in [1.54, 1.807) is 19.9 Å². The second-order valence-electron chi connectivity index (χ2n) is 38.4. The molecule has 0 amide bonds. The molecule has 0 unspecified atom stereocenters. The van der Waals surface area contributed by atoms with Crippen LogP contribution in [0, 0.1) is 34.5 Å². The number of benzene rings is 4. The number of phenols is 4. The number of aryl methyl sites for hydroxylation is 4. The largest absolute Gasteiger partial charge is 0.507 e. The number of unbranched alkanes of at least 4 members (excludes halogenated alkanes) is 8. The van der Waals surface area contributed by atoms with E-state index in [1.165, 1.54) is 22.3 Å². The number of ether oxygens (including phenoxy) is 4. The fourth-order valence-corrected chi connectivity index (χ4v) is 17.5. The molecule has 4 aliphatic rings. The molecule has 14 heteroatoms. The number of aromatic hydroxyl groups is 4. The zero-order chi connectivity index (χ0) is 93.0. The van der Waals surface area contributed by atoms with Crippen LogP contribution in [0.15, 0.2) is 144 Å². The molecule has 0 aromatic heterocycles. The molecule has 4 aromatic carbocycles. The van der Waals surface area contributed by atoms with Crippen molar-refractivity contribution in [3.05, 3.63) is 188 Å². The lowest BCUT2D eigenvalue weighted by atomic mass is 9.73. The third-order valence-electron chi connectivity index (χ3n) is 26.4. The molecule has 8 rings (SSSR count). The molecule has 8 atom stereocenters. The Morgan fingerprint density at radius 3 is 0.808 bits per heavy atom. The molecule has 0 radical (unpaired) electrons. The van der Waals surface area contributed by atoms with Crippen molar-refractivity contribution in [2.24, 2.45) is 34.5 Å². The van der Waals surface area contributed by atoms with Gasteiger partial charge >= 0.3 is 23.9 Å². The second kappa shape index (κ2) is 53.1. The van der Waals surface area contributed by atoms with Crippen LogP contribution in [0.25, 0.3) is 0 Å². The summed E-state index contributed by atoms with van der Waals surface area (Å²) in [6.45, 7) is 58.5. The van der Waals surface area contributed by atoms with Crippen molar-refractivity contribution in [3.8, 4) is 46.0 Å². The first-order chi connectivity index (χ1) is 59.2. The third kappa shape index (κ3) is 34.7. The van der Waals surface area contributed by atoms with Gasteiger partial charge in [0, 0.05) is 78.0 Å². The number of Topliss-reactive ketones (excluding diaryl/α,β-unsaturated/α-hetero) is 2. The molecule has 4 N–H and O–H groups in total. The first-order valence-corrected chi connectivity index (χ1v) is 47.8. The Morgan fingerprint density at radius 1 is 0.344 bits per heavy atom. The Hall–Kier alpha value is -8.78. The maximum Gasteiger partial charge on any atom is 0.318 e. The summed E-state index contributed by atoms with van der Waals surface area (Å²) < 4.78 is 23.4. The summed E-state index contributed by atoms with van der Waals surface area (Å²) in [5, 5.41) is 44.3. The summed E-state index contributed by atoms with van der Waals surface area (Å²) in [5.74, 6) is 1.63. The van der Waals surface area contributed by atoms with Gasteiger partial charge in [0.2, 0.25) is 0 Å². The van der Waals surface area contributed by atoms with Gasteiger partial charge in [-0.15, -0.1) is 0 Å². The second-order valence-corrected chi connectivity index (χ2v) is 38.4. The van der Waals surface area contributed by atoms with E-state index in [4.69, 9.17) is 18.9 Å². The minimum absolute atomic E-state index is 0.0270. The molecule has 0 saturated heterocycles. The van der Waals surface area contributed by atoms with Crippen molar-refractivity contribution < 1.29 is 68.1 Å². The summed E-state index contributed by atoms with van der Waals surface area (Å²) in [5.41, 5.74) is 16.4. The van der Waals surface area contributed by atoms with Crippen LogP contribution in [0.5, 0.6) is 46.0 Å². The van der Waals surface area contributed by atoms with Crippen molar-refractivity contribution in [2.45, 2.75) is 387 Å². The predicted octanol–water partition coefficient (Wildman–Crippen LogP) is 29.7. The average molecular weight is 1720 g/mol. The Balaban J connectivity index is 0.000000296. The Morgan fingerprint density at radius 2 is 0.584 bits per heavy atom. The van der Waals surface area contributed by atoms with Crippen molar-refractivity contribution >= 4 is 35.4 Å². The van der Waals surface area contributed by atoms with Gasteiger partial charge in [0.15, 0.2) is 0 Å². The number of allylic oxidation sites excluding steroid dienone is 12. The molecule has 14 nitrogen and oxygen atoms in total. The lowest BCUT2D eigenvalue weighted by Crippen LogP contribution is -2.20. The van der Waals surface area contributed by atoms with Gasteiger partial charge in [-0.3, -0.25) is 28.8 Å². The number of esters is 4. The molecule has 0 saturated carbocycles. The minimum Gasteiger partial charge on any atom is -0.507 e. The van der Waals surface area contributed by atoms with E-state index in [9.17, 15) is 49.2 Å². The van der Waals surface area contributed by atoms with E-state index in [0.717, 1.165) is 235 Å². The topological polar surface area (TPSA) is 220 Å². The van der Waals surface area contributed by atoms with Crippen molar-refractivity contribution in [2.75, 3.05) is 0 Å². The van der Waals surface area contributed by atoms with E-state index in [2.05, 4.69) is 161 Å². The molecule has 125 heavy (non-hydrogen) atoms. The Kier molecular flexibility index (Phi) is 45.4. The van der Waals surface area contributed by atoms with Gasteiger partial charge in [-0.25, -0.2) is 0 Å². The molecule has 0 spiro atoms. The highest BCUT2D eigenvalue weighted by molar-refractivity contribution is 5.96. The first kappa shape index (κ1) is 107. The van der Waals surface area contributed by atoms with Crippen molar-refractivity contribution in [1.29, 1.82) is 0 Å². The number of hydrogen-bond acceptors (Lipinski definition) is 14. The van der Waals surface area contributed by atoms with Crippen LogP contribution in [0.1, 0.15) is 406 Å². The van der Waals surface area contributed by atoms with E-state index < -0.39 is 11.9 Å². The van der Waals surface area contributed by atoms with Crippen molar-refractivity contribution in [1.82, 2.24) is 0 Å². The maximum absolute atomic E-state index is 12.8. The number of rotatable bonds is 43. The summed E-state index contributed by atoms with van der Waals surface area (Å²) in [4.78, 5) is 74.0.